The molecule has 0 amide bonds. The minimum atomic E-state index is -5.15. The Bertz CT molecular complexity index is 730. The number of carbonyl (C=O) groups is 1. The van der Waals surface area contributed by atoms with E-state index in [0.717, 1.165) is 25.6 Å². The zero-order chi connectivity index (χ0) is 17.9. The van der Waals surface area contributed by atoms with E-state index in [4.69, 9.17) is 11.5 Å². The minimum absolute atomic E-state index is 0.00147. The van der Waals surface area contributed by atoms with Crippen LogP contribution < -0.4 is 16.3 Å². The molecule has 11 heteroatoms. The van der Waals surface area contributed by atoms with Gasteiger partial charge in [0.05, 0.1) is 6.04 Å². The Morgan fingerprint density at radius 3 is 2.71 bits per heavy atom. The maximum atomic E-state index is 12.3. The van der Waals surface area contributed by atoms with Crippen molar-refractivity contribution in [3.63, 3.8) is 0 Å². The second-order valence-electron chi connectivity index (χ2n) is 5.19. The first-order valence-electron chi connectivity index (χ1n) is 7.29. The molecule has 1 unspecified atom stereocenters. The Kier molecular flexibility index (Phi) is 5.22. The summed E-state index contributed by atoms with van der Waals surface area (Å²) in [6.07, 6.45) is -0.712. The molecule has 2 aromatic rings. The highest BCUT2D eigenvalue weighted by molar-refractivity contribution is 5.83. The lowest BCUT2D eigenvalue weighted by molar-refractivity contribution is -0.199. The lowest BCUT2D eigenvalue weighted by atomic mass is 10.1. The fraction of sp³-hybridized carbons (Fsp3) is 0.538. The summed E-state index contributed by atoms with van der Waals surface area (Å²) in [6, 6.07) is -0.467. The molecular weight excluding hydrogens is 329 g/mol. The summed E-state index contributed by atoms with van der Waals surface area (Å²) in [5, 5.41) is 0. The number of halogens is 3. The van der Waals surface area contributed by atoms with Crippen LogP contribution in [-0.2, 0) is 4.79 Å². The average molecular weight is 346 g/mol. The molecule has 2 rings (SSSR count). The molecule has 0 aliphatic heterocycles. The van der Waals surface area contributed by atoms with E-state index in [-0.39, 0.29) is 22.8 Å². The number of nitrogens with zero attached hydrogens (tertiary/aromatic N) is 4. The number of imidazole rings is 1. The van der Waals surface area contributed by atoms with Crippen LogP contribution in [0.15, 0.2) is 6.33 Å². The van der Waals surface area contributed by atoms with Crippen molar-refractivity contribution in [1.29, 1.82) is 0 Å². The summed E-state index contributed by atoms with van der Waals surface area (Å²) in [5.74, 6) is -2.33. The number of fused-ring (bicyclic) bond motifs is 1. The van der Waals surface area contributed by atoms with Gasteiger partial charge in [0.15, 0.2) is 17.0 Å². The summed E-state index contributed by atoms with van der Waals surface area (Å²) < 4.78 is 37.3. The number of hydrogen-bond acceptors (Lipinski definition) is 7. The largest absolute Gasteiger partial charge is 0.493 e. The molecule has 1 atom stereocenters. The number of anilines is 1. The van der Waals surface area contributed by atoms with Crippen LogP contribution in [0.1, 0.15) is 44.5 Å². The van der Waals surface area contributed by atoms with Crippen molar-refractivity contribution in [3.05, 3.63) is 12.2 Å². The Hall–Kier alpha value is -2.43. The molecule has 2 heterocycles. The molecule has 0 saturated heterocycles. The molecule has 132 valence electrons. The van der Waals surface area contributed by atoms with E-state index in [1.807, 2.05) is 0 Å². The van der Waals surface area contributed by atoms with E-state index >= 15 is 0 Å². The number of nitrogens with two attached hydrogens (primary N) is 2. The lowest BCUT2D eigenvalue weighted by Crippen LogP contribution is -2.33. The van der Waals surface area contributed by atoms with Crippen LogP contribution in [-0.4, -0.2) is 31.8 Å². The molecule has 0 aliphatic carbocycles. The van der Waals surface area contributed by atoms with Gasteiger partial charge >= 0.3 is 12.1 Å². The standard InChI is InChI=1S/C13H17F3N6O2/c1-2-3-4-5-7(17)10-20-9(18)8-11(21-10)19-6-22(8)24-12(23)13(14,15)16/h6-7H,2-5,17H2,1H3,(H2,18,20,21). The second kappa shape index (κ2) is 6.99. The van der Waals surface area contributed by atoms with Gasteiger partial charge < -0.3 is 16.3 Å². The van der Waals surface area contributed by atoms with Crippen LogP contribution in [0.3, 0.4) is 0 Å². The number of rotatable bonds is 6. The summed E-state index contributed by atoms with van der Waals surface area (Å²) >= 11 is 0. The molecule has 0 spiro atoms. The van der Waals surface area contributed by atoms with Gasteiger partial charge in [-0.15, -0.1) is 0 Å². The van der Waals surface area contributed by atoms with Crippen LogP contribution in [0.2, 0.25) is 0 Å². The first-order valence-corrected chi connectivity index (χ1v) is 7.29. The first-order chi connectivity index (χ1) is 11.2. The highest BCUT2D eigenvalue weighted by Crippen LogP contribution is 2.22. The zero-order valence-electron chi connectivity index (χ0n) is 12.9. The third kappa shape index (κ3) is 3.91. The van der Waals surface area contributed by atoms with Gasteiger partial charge in [-0.25, -0.2) is 19.7 Å². The molecule has 4 N–H and O–H groups in total. The monoisotopic (exact) mass is 346 g/mol. The second-order valence-corrected chi connectivity index (χ2v) is 5.19. The SMILES string of the molecule is CCCCCC(N)c1nc(N)c2c(ncn2OC(=O)C(F)(F)F)n1. The summed E-state index contributed by atoms with van der Waals surface area (Å²) in [7, 11) is 0. The van der Waals surface area contributed by atoms with E-state index in [1.54, 1.807) is 0 Å². The highest BCUT2D eigenvalue weighted by Gasteiger charge is 2.42. The Labute approximate surface area is 135 Å². The Morgan fingerprint density at radius 2 is 2.08 bits per heavy atom. The molecule has 0 fully saturated rings. The van der Waals surface area contributed by atoms with Gasteiger partial charge in [-0.2, -0.15) is 17.9 Å². The molecule has 0 bridgehead atoms. The number of alkyl halides is 3. The predicted molar refractivity (Wildman–Crippen MR) is 78.4 cm³/mol. The van der Waals surface area contributed by atoms with Crippen LogP contribution in [0.25, 0.3) is 11.2 Å². The van der Waals surface area contributed by atoms with E-state index in [1.165, 1.54) is 0 Å². The zero-order valence-corrected chi connectivity index (χ0v) is 12.9. The third-order valence-corrected chi connectivity index (χ3v) is 3.28. The van der Waals surface area contributed by atoms with E-state index < -0.39 is 18.2 Å². The molecule has 0 aliphatic rings. The maximum Gasteiger partial charge on any atom is 0.493 e. The fourth-order valence-corrected chi connectivity index (χ4v) is 2.06. The number of carbonyl (C=O) groups excluding carboxylic acids is 1. The molecule has 0 aromatic carbocycles. The normalized spacial score (nSPS) is 13.2. The molecule has 0 radical (unpaired) electrons. The topological polar surface area (TPSA) is 122 Å². The predicted octanol–water partition coefficient (Wildman–Crippen LogP) is 1.51. The molecule has 24 heavy (non-hydrogen) atoms. The quantitative estimate of drug-likeness (QED) is 0.760. The maximum absolute atomic E-state index is 12.3. The van der Waals surface area contributed by atoms with Gasteiger partial charge in [-0.1, -0.05) is 26.2 Å². The Balaban J connectivity index is 2.26. The van der Waals surface area contributed by atoms with Gasteiger partial charge in [0.1, 0.15) is 12.2 Å². The molecule has 8 nitrogen and oxygen atoms in total. The Morgan fingerprint density at radius 1 is 1.38 bits per heavy atom. The van der Waals surface area contributed by atoms with Crippen LogP contribution >= 0.6 is 0 Å². The lowest BCUT2D eigenvalue weighted by Gasteiger charge is -2.11. The van der Waals surface area contributed by atoms with Gasteiger partial charge in [0, 0.05) is 0 Å². The molecule has 2 aromatic heterocycles. The number of aromatic nitrogens is 4. The number of nitrogen functional groups attached to an aromatic ring is 1. The van der Waals surface area contributed by atoms with Crippen molar-refractivity contribution in [2.45, 2.75) is 44.8 Å². The molecular formula is C13H17F3N6O2. The van der Waals surface area contributed by atoms with E-state index in [9.17, 15) is 18.0 Å². The van der Waals surface area contributed by atoms with Crippen molar-refractivity contribution < 1.29 is 22.8 Å². The first kappa shape index (κ1) is 17.9. The fourth-order valence-electron chi connectivity index (χ4n) is 2.06. The number of hydrogen-bond donors (Lipinski definition) is 2. The molecule has 0 saturated carbocycles. The van der Waals surface area contributed by atoms with Crippen molar-refractivity contribution in [2.24, 2.45) is 5.73 Å². The summed E-state index contributed by atoms with van der Waals surface area (Å²) in [4.78, 5) is 27.0. The summed E-state index contributed by atoms with van der Waals surface area (Å²) in [5.41, 5.74) is 11.6. The van der Waals surface area contributed by atoms with Crippen molar-refractivity contribution >= 4 is 23.0 Å². The minimum Gasteiger partial charge on any atom is -0.382 e. The van der Waals surface area contributed by atoms with E-state index in [0.29, 0.717) is 11.2 Å². The van der Waals surface area contributed by atoms with Gasteiger partial charge in [-0.3, -0.25) is 0 Å². The smallest absolute Gasteiger partial charge is 0.382 e. The van der Waals surface area contributed by atoms with Gasteiger partial charge in [0.2, 0.25) is 0 Å². The number of unbranched alkanes of at least 4 members (excludes halogenated alkanes) is 2. The third-order valence-electron chi connectivity index (χ3n) is 3.28. The van der Waals surface area contributed by atoms with E-state index in [2.05, 4.69) is 26.7 Å². The summed E-state index contributed by atoms with van der Waals surface area (Å²) in [6.45, 7) is 2.06. The average Bonchev–Trinajstić information content (AvgIpc) is 2.90. The van der Waals surface area contributed by atoms with Gasteiger partial charge in [-0.05, 0) is 6.42 Å². The van der Waals surface area contributed by atoms with Crippen molar-refractivity contribution in [3.8, 4) is 0 Å². The van der Waals surface area contributed by atoms with Crippen LogP contribution in [0.5, 0.6) is 0 Å². The van der Waals surface area contributed by atoms with Gasteiger partial charge in [0.25, 0.3) is 0 Å². The van der Waals surface area contributed by atoms with Crippen molar-refractivity contribution in [2.75, 3.05) is 5.73 Å². The van der Waals surface area contributed by atoms with Crippen molar-refractivity contribution in [1.82, 2.24) is 19.7 Å². The van der Waals surface area contributed by atoms with Crippen LogP contribution in [0, 0.1) is 0 Å². The highest BCUT2D eigenvalue weighted by atomic mass is 19.4. The van der Waals surface area contributed by atoms with Crippen LogP contribution in [0.4, 0.5) is 19.0 Å².